The molecule has 1 saturated carbocycles. The highest BCUT2D eigenvalue weighted by Crippen LogP contribution is 2.46. The number of hydrogen-bond donors (Lipinski definition) is 1. The standard InChI is InChI=1S/C15H29NS/c1-11-6-7-13(10-12(11)2)14(16-4)15(3)8-5-9-17-15/h11-14,16H,5-10H2,1-4H3. The van der Waals surface area contributed by atoms with Gasteiger partial charge in [0, 0.05) is 10.8 Å². The van der Waals surface area contributed by atoms with Crippen molar-refractivity contribution in [3.05, 3.63) is 0 Å². The van der Waals surface area contributed by atoms with Crippen LogP contribution in [0.2, 0.25) is 0 Å². The van der Waals surface area contributed by atoms with Gasteiger partial charge in [-0.2, -0.15) is 11.8 Å². The van der Waals surface area contributed by atoms with Crippen LogP contribution in [-0.2, 0) is 0 Å². The molecule has 2 fully saturated rings. The molecule has 1 nitrogen and oxygen atoms in total. The monoisotopic (exact) mass is 255 g/mol. The summed E-state index contributed by atoms with van der Waals surface area (Å²) in [5.74, 6) is 4.13. The van der Waals surface area contributed by atoms with Crippen molar-refractivity contribution >= 4 is 11.8 Å². The molecule has 1 N–H and O–H groups in total. The van der Waals surface area contributed by atoms with E-state index in [9.17, 15) is 0 Å². The Balaban J connectivity index is 2.03. The summed E-state index contributed by atoms with van der Waals surface area (Å²) in [5, 5.41) is 3.67. The van der Waals surface area contributed by atoms with E-state index in [0.717, 1.165) is 23.8 Å². The third-order valence-electron chi connectivity index (χ3n) is 5.33. The Morgan fingerprint density at radius 1 is 1.24 bits per heavy atom. The molecule has 5 unspecified atom stereocenters. The normalized spacial score (nSPS) is 44.8. The van der Waals surface area contributed by atoms with Crippen molar-refractivity contribution in [1.29, 1.82) is 0 Å². The molecule has 2 aliphatic rings. The maximum absolute atomic E-state index is 3.67. The lowest BCUT2D eigenvalue weighted by Gasteiger charge is -2.43. The molecular weight excluding hydrogens is 226 g/mol. The number of hydrogen-bond acceptors (Lipinski definition) is 2. The molecule has 0 aromatic rings. The molecule has 1 saturated heterocycles. The Labute approximate surface area is 112 Å². The van der Waals surface area contributed by atoms with E-state index in [-0.39, 0.29) is 0 Å². The van der Waals surface area contributed by atoms with Gasteiger partial charge in [0.2, 0.25) is 0 Å². The lowest BCUT2D eigenvalue weighted by molar-refractivity contribution is 0.157. The molecule has 2 heteroatoms. The van der Waals surface area contributed by atoms with Crippen molar-refractivity contribution in [1.82, 2.24) is 5.32 Å². The van der Waals surface area contributed by atoms with Gasteiger partial charge in [-0.1, -0.05) is 20.3 Å². The van der Waals surface area contributed by atoms with Gasteiger partial charge in [-0.05, 0) is 63.2 Å². The van der Waals surface area contributed by atoms with Gasteiger partial charge in [-0.25, -0.2) is 0 Å². The van der Waals surface area contributed by atoms with Crippen molar-refractivity contribution in [3.63, 3.8) is 0 Å². The molecule has 17 heavy (non-hydrogen) atoms. The fourth-order valence-electron chi connectivity index (χ4n) is 3.98. The molecule has 100 valence electrons. The third-order valence-corrected chi connectivity index (χ3v) is 6.94. The minimum atomic E-state index is 0.500. The van der Waals surface area contributed by atoms with Gasteiger partial charge in [0.1, 0.15) is 0 Å². The molecule has 1 aliphatic carbocycles. The van der Waals surface area contributed by atoms with Crippen molar-refractivity contribution in [3.8, 4) is 0 Å². The van der Waals surface area contributed by atoms with Crippen LogP contribution in [0.25, 0.3) is 0 Å². The summed E-state index contributed by atoms with van der Waals surface area (Å²) in [4.78, 5) is 0. The van der Waals surface area contributed by atoms with E-state index in [0.29, 0.717) is 4.75 Å². The lowest BCUT2D eigenvalue weighted by Crippen LogP contribution is -2.50. The summed E-state index contributed by atoms with van der Waals surface area (Å²) in [5.41, 5.74) is 0. The molecule has 1 heterocycles. The molecular formula is C15H29NS. The van der Waals surface area contributed by atoms with Crippen LogP contribution in [0.1, 0.15) is 52.9 Å². The molecule has 0 amide bonds. The average Bonchev–Trinajstić information content (AvgIpc) is 2.72. The maximum Gasteiger partial charge on any atom is 0.0287 e. The first kappa shape index (κ1) is 13.7. The first-order valence-electron chi connectivity index (χ1n) is 7.38. The van der Waals surface area contributed by atoms with Crippen LogP contribution in [-0.4, -0.2) is 23.6 Å². The lowest BCUT2D eigenvalue weighted by atomic mass is 9.70. The van der Waals surface area contributed by atoms with Gasteiger partial charge < -0.3 is 5.32 Å². The number of nitrogens with one attached hydrogen (secondary N) is 1. The minimum absolute atomic E-state index is 0.500. The van der Waals surface area contributed by atoms with Crippen LogP contribution in [0, 0.1) is 17.8 Å². The largest absolute Gasteiger partial charge is 0.315 e. The topological polar surface area (TPSA) is 12.0 Å². The van der Waals surface area contributed by atoms with E-state index >= 15 is 0 Å². The second-order valence-electron chi connectivity index (χ2n) is 6.56. The number of thioether (sulfide) groups is 1. The Morgan fingerprint density at radius 2 is 2.00 bits per heavy atom. The van der Waals surface area contributed by atoms with Crippen molar-refractivity contribution < 1.29 is 0 Å². The van der Waals surface area contributed by atoms with E-state index in [1.54, 1.807) is 0 Å². The zero-order chi connectivity index (χ0) is 12.5. The van der Waals surface area contributed by atoms with Crippen LogP contribution in [0.15, 0.2) is 0 Å². The summed E-state index contributed by atoms with van der Waals surface area (Å²) in [7, 11) is 2.18. The second kappa shape index (κ2) is 5.52. The van der Waals surface area contributed by atoms with Crippen LogP contribution in [0.3, 0.4) is 0 Å². The molecule has 0 bridgehead atoms. The van der Waals surface area contributed by atoms with E-state index in [2.05, 4.69) is 44.9 Å². The summed E-state index contributed by atoms with van der Waals surface area (Å²) in [6, 6.07) is 0.727. The Kier molecular flexibility index (Phi) is 4.46. The van der Waals surface area contributed by atoms with Gasteiger partial charge in [0.15, 0.2) is 0 Å². The van der Waals surface area contributed by atoms with E-state index in [1.165, 1.54) is 37.9 Å². The second-order valence-corrected chi connectivity index (χ2v) is 8.19. The van der Waals surface area contributed by atoms with Gasteiger partial charge in [-0.3, -0.25) is 0 Å². The van der Waals surface area contributed by atoms with Crippen LogP contribution in [0.4, 0.5) is 0 Å². The predicted octanol–water partition coefficient (Wildman–Crippen LogP) is 3.93. The Hall–Kier alpha value is 0.310. The van der Waals surface area contributed by atoms with Crippen LogP contribution in [0.5, 0.6) is 0 Å². The molecule has 2 rings (SSSR count). The summed E-state index contributed by atoms with van der Waals surface area (Å²) >= 11 is 2.21. The summed E-state index contributed by atoms with van der Waals surface area (Å²) in [6.45, 7) is 7.38. The zero-order valence-corrected chi connectivity index (χ0v) is 12.8. The molecule has 1 aliphatic heterocycles. The zero-order valence-electron chi connectivity index (χ0n) is 12.0. The third kappa shape index (κ3) is 2.84. The highest BCUT2D eigenvalue weighted by molar-refractivity contribution is 8.00. The van der Waals surface area contributed by atoms with Crippen molar-refractivity contribution in [2.24, 2.45) is 17.8 Å². The highest BCUT2D eigenvalue weighted by Gasteiger charge is 2.42. The van der Waals surface area contributed by atoms with E-state index in [1.807, 2.05) is 0 Å². The fourth-order valence-corrected chi connectivity index (χ4v) is 5.51. The molecule has 0 radical (unpaired) electrons. The summed E-state index contributed by atoms with van der Waals surface area (Å²) < 4.78 is 0.500. The van der Waals surface area contributed by atoms with Gasteiger partial charge in [-0.15, -0.1) is 0 Å². The molecule has 0 aromatic heterocycles. The minimum Gasteiger partial charge on any atom is -0.315 e. The fraction of sp³-hybridized carbons (Fsp3) is 1.00. The van der Waals surface area contributed by atoms with Gasteiger partial charge in [0.25, 0.3) is 0 Å². The van der Waals surface area contributed by atoms with Crippen LogP contribution < -0.4 is 5.32 Å². The molecule has 5 atom stereocenters. The smallest absolute Gasteiger partial charge is 0.0287 e. The first-order chi connectivity index (χ1) is 8.07. The summed E-state index contributed by atoms with van der Waals surface area (Å²) in [6.07, 6.45) is 7.13. The van der Waals surface area contributed by atoms with Gasteiger partial charge in [0.05, 0.1) is 0 Å². The first-order valence-corrected chi connectivity index (χ1v) is 8.36. The van der Waals surface area contributed by atoms with E-state index in [4.69, 9.17) is 0 Å². The molecule has 0 spiro atoms. The highest BCUT2D eigenvalue weighted by atomic mass is 32.2. The SMILES string of the molecule is CNC(C1CCC(C)C(C)C1)C1(C)CCCS1. The molecule has 0 aromatic carbocycles. The maximum atomic E-state index is 3.67. The van der Waals surface area contributed by atoms with Crippen molar-refractivity contribution in [2.45, 2.75) is 63.7 Å². The average molecular weight is 255 g/mol. The predicted molar refractivity (Wildman–Crippen MR) is 78.6 cm³/mol. The van der Waals surface area contributed by atoms with E-state index < -0.39 is 0 Å². The quantitative estimate of drug-likeness (QED) is 0.820. The Bertz CT molecular complexity index is 247. The van der Waals surface area contributed by atoms with Gasteiger partial charge >= 0.3 is 0 Å². The number of rotatable bonds is 3. The Morgan fingerprint density at radius 3 is 2.53 bits per heavy atom. The van der Waals surface area contributed by atoms with Crippen LogP contribution >= 0.6 is 11.8 Å². The van der Waals surface area contributed by atoms with Crippen molar-refractivity contribution in [2.75, 3.05) is 12.8 Å².